The lowest BCUT2D eigenvalue weighted by molar-refractivity contribution is 0.253. The van der Waals surface area contributed by atoms with Crippen molar-refractivity contribution in [2.75, 3.05) is 0 Å². The monoisotopic (exact) mass is 233 g/mol. The summed E-state index contributed by atoms with van der Waals surface area (Å²) in [6, 6.07) is 2.77. The van der Waals surface area contributed by atoms with Crippen molar-refractivity contribution in [2.24, 2.45) is 5.73 Å². The molecule has 1 aliphatic carbocycles. The lowest BCUT2D eigenvalue weighted by Crippen LogP contribution is -2.43. The van der Waals surface area contributed by atoms with Crippen LogP contribution < -0.4 is 5.73 Å². The minimum atomic E-state index is -0.497. The number of nitrogens with two attached hydrogens (primary N) is 1. The van der Waals surface area contributed by atoms with Crippen LogP contribution in [0.5, 0.6) is 0 Å². The maximum absolute atomic E-state index is 13.0. The predicted octanol–water partition coefficient (Wildman–Crippen LogP) is 3.47. The molecule has 1 aromatic carbocycles. The van der Waals surface area contributed by atoms with Crippen molar-refractivity contribution in [1.29, 1.82) is 0 Å². The molecule has 14 heavy (non-hydrogen) atoms. The summed E-state index contributed by atoms with van der Waals surface area (Å²) < 4.78 is 13.0. The maximum atomic E-state index is 13.0. The van der Waals surface area contributed by atoms with E-state index in [1.165, 1.54) is 6.07 Å². The van der Waals surface area contributed by atoms with Crippen molar-refractivity contribution in [3.63, 3.8) is 0 Å². The molecule has 1 aliphatic rings. The van der Waals surface area contributed by atoms with Crippen LogP contribution in [0.3, 0.4) is 0 Å². The molecule has 2 N–H and O–H groups in total. The third kappa shape index (κ3) is 1.52. The van der Waals surface area contributed by atoms with Crippen LogP contribution in [0.1, 0.15) is 24.8 Å². The van der Waals surface area contributed by atoms with Crippen molar-refractivity contribution in [3.8, 4) is 0 Å². The summed E-state index contributed by atoms with van der Waals surface area (Å²) >= 11 is 11.6. The first-order valence-electron chi connectivity index (χ1n) is 4.47. The van der Waals surface area contributed by atoms with Gasteiger partial charge in [-0.05, 0) is 37.0 Å². The van der Waals surface area contributed by atoms with E-state index in [4.69, 9.17) is 28.9 Å². The molecule has 0 heterocycles. The molecule has 0 atom stereocenters. The highest BCUT2D eigenvalue weighted by atomic mass is 35.5. The van der Waals surface area contributed by atoms with Crippen LogP contribution in [0.4, 0.5) is 4.39 Å². The van der Waals surface area contributed by atoms with Crippen molar-refractivity contribution < 1.29 is 4.39 Å². The van der Waals surface area contributed by atoms with Gasteiger partial charge in [0.15, 0.2) is 0 Å². The summed E-state index contributed by atoms with van der Waals surface area (Å²) in [6.45, 7) is 0. The van der Waals surface area contributed by atoms with Gasteiger partial charge in [0.2, 0.25) is 0 Å². The topological polar surface area (TPSA) is 26.0 Å². The summed E-state index contributed by atoms with van der Waals surface area (Å²) in [5.41, 5.74) is 6.44. The predicted molar refractivity (Wildman–Crippen MR) is 56.1 cm³/mol. The van der Waals surface area contributed by atoms with Crippen LogP contribution >= 0.6 is 23.2 Å². The second kappa shape index (κ2) is 3.37. The Bertz CT molecular complexity index is 375. The molecule has 0 bridgehead atoms. The van der Waals surface area contributed by atoms with Gasteiger partial charge in [0.1, 0.15) is 5.82 Å². The second-order valence-electron chi connectivity index (χ2n) is 3.76. The van der Waals surface area contributed by atoms with Crippen LogP contribution in [0.25, 0.3) is 0 Å². The molecule has 0 unspecified atom stereocenters. The highest BCUT2D eigenvalue weighted by molar-refractivity contribution is 6.33. The fourth-order valence-electron chi connectivity index (χ4n) is 1.73. The first-order chi connectivity index (χ1) is 6.53. The molecule has 1 fully saturated rings. The molecule has 0 radical (unpaired) electrons. The molecular weight excluding hydrogens is 224 g/mol. The molecule has 0 aromatic heterocycles. The van der Waals surface area contributed by atoms with Gasteiger partial charge in [-0.3, -0.25) is 0 Å². The lowest BCUT2D eigenvalue weighted by Gasteiger charge is -2.39. The molecule has 0 spiro atoms. The summed E-state index contributed by atoms with van der Waals surface area (Å²) in [5.74, 6) is -0.497. The molecular formula is C10H10Cl2FN. The van der Waals surface area contributed by atoms with Gasteiger partial charge in [0.05, 0.1) is 5.02 Å². The van der Waals surface area contributed by atoms with E-state index in [9.17, 15) is 4.39 Å². The van der Waals surface area contributed by atoms with Crippen LogP contribution in [0, 0.1) is 5.82 Å². The number of hydrogen-bond acceptors (Lipinski definition) is 1. The van der Waals surface area contributed by atoms with Crippen molar-refractivity contribution in [2.45, 2.75) is 24.8 Å². The fourth-order valence-corrected chi connectivity index (χ4v) is 2.23. The third-order valence-electron chi connectivity index (χ3n) is 2.79. The Balaban J connectivity index is 2.48. The SMILES string of the molecule is NC1(c2cc(Cl)c(F)cc2Cl)CCC1. The minimum absolute atomic E-state index is 0.0844. The average Bonchev–Trinajstić information content (AvgIpc) is 2.07. The smallest absolute Gasteiger partial charge is 0.143 e. The van der Waals surface area contributed by atoms with Gasteiger partial charge in [-0.2, -0.15) is 0 Å². The van der Waals surface area contributed by atoms with E-state index >= 15 is 0 Å². The number of benzene rings is 1. The highest BCUT2D eigenvalue weighted by Crippen LogP contribution is 2.42. The van der Waals surface area contributed by atoms with E-state index in [-0.39, 0.29) is 5.02 Å². The molecule has 4 heteroatoms. The minimum Gasteiger partial charge on any atom is -0.321 e. The van der Waals surface area contributed by atoms with E-state index < -0.39 is 11.4 Å². The molecule has 0 aliphatic heterocycles. The van der Waals surface area contributed by atoms with Gasteiger partial charge in [-0.15, -0.1) is 0 Å². The Morgan fingerprint density at radius 3 is 2.36 bits per heavy atom. The van der Waals surface area contributed by atoms with Crippen LogP contribution in [0.15, 0.2) is 12.1 Å². The Kier molecular flexibility index (Phi) is 2.46. The van der Waals surface area contributed by atoms with E-state index in [1.807, 2.05) is 0 Å². The van der Waals surface area contributed by atoms with E-state index in [2.05, 4.69) is 0 Å². The second-order valence-corrected chi connectivity index (χ2v) is 4.57. The lowest BCUT2D eigenvalue weighted by atomic mass is 9.73. The van der Waals surface area contributed by atoms with Crippen molar-refractivity contribution in [1.82, 2.24) is 0 Å². The average molecular weight is 234 g/mol. The third-order valence-corrected chi connectivity index (χ3v) is 3.39. The Hall–Kier alpha value is -0.310. The fraction of sp³-hybridized carbons (Fsp3) is 0.400. The summed E-state index contributed by atoms with van der Waals surface area (Å²) in [4.78, 5) is 0. The summed E-state index contributed by atoms with van der Waals surface area (Å²) in [7, 11) is 0. The zero-order chi connectivity index (χ0) is 10.3. The zero-order valence-corrected chi connectivity index (χ0v) is 9.00. The first-order valence-corrected chi connectivity index (χ1v) is 5.22. The quantitative estimate of drug-likeness (QED) is 0.739. The van der Waals surface area contributed by atoms with Gasteiger partial charge in [-0.25, -0.2) is 4.39 Å². The maximum Gasteiger partial charge on any atom is 0.143 e. The van der Waals surface area contributed by atoms with E-state index in [0.717, 1.165) is 24.8 Å². The highest BCUT2D eigenvalue weighted by Gasteiger charge is 2.36. The number of hydrogen-bond donors (Lipinski definition) is 1. The van der Waals surface area contributed by atoms with Gasteiger partial charge >= 0.3 is 0 Å². The number of halogens is 3. The van der Waals surface area contributed by atoms with E-state index in [0.29, 0.717) is 5.02 Å². The molecule has 76 valence electrons. The van der Waals surface area contributed by atoms with Crippen LogP contribution in [-0.4, -0.2) is 0 Å². The largest absolute Gasteiger partial charge is 0.321 e. The van der Waals surface area contributed by atoms with Crippen molar-refractivity contribution in [3.05, 3.63) is 33.6 Å². The normalized spacial score (nSPS) is 19.1. The van der Waals surface area contributed by atoms with Gasteiger partial charge < -0.3 is 5.73 Å². The molecule has 0 amide bonds. The Morgan fingerprint density at radius 1 is 1.21 bits per heavy atom. The van der Waals surface area contributed by atoms with Crippen LogP contribution in [0.2, 0.25) is 10.0 Å². The molecule has 1 nitrogen and oxygen atoms in total. The molecule has 0 saturated heterocycles. The summed E-state index contributed by atoms with van der Waals surface area (Å²) in [5, 5.41) is 0.454. The van der Waals surface area contributed by atoms with Gasteiger partial charge in [-0.1, -0.05) is 23.2 Å². The molecule has 1 saturated carbocycles. The standard InChI is InChI=1S/C10H10Cl2FN/c11-7-5-9(13)8(12)4-6(7)10(14)2-1-3-10/h4-5H,1-3,14H2. The Labute approximate surface area is 92.0 Å². The molecule has 2 rings (SSSR count). The summed E-state index contributed by atoms with van der Waals surface area (Å²) in [6.07, 6.45) is 2.85. The van der Waals surface area contributed by atoms with Gasteiger partial charge in [0.25, 0.3) is 0 Å². The Morgan fingerprint density at radius 2 is 1.86 bits per heavy atom. The van der Waals surface area contributed by atoms with Gasteiger partial charge in [0, 0.05) is 10.6 Å². The molecule has 1 aromatic rings. The van der Waals surface area contributed by atoms with Crippen LogP contribution in [-0.2, 0) is 5.54 Å². The zero-order valence-electron chi connectivity index (χ0n) is 7.49. The number of rotatable bonds is 1. The van der Waals surface area contributed by atoms with E-state index in [1.54, 1.807) is 6.07 Å². The van der Waals surface area contributed by atoms with Crippen molar-refractivity contribution >= 4 is 23.2 Å². The first kappa shape index (κ1) is 10.2.